The fourth-order valence-corrected chi connectivity index (χ4v) is 9.23. The van der Waals surface area contributed by atoms with E-state index in [9.17, 15) is 19.2 Å². The molecule has 362 valence electrons. The van der Waals surface area contributed by atoms with Crippen molar-refractivity contribution in [1.82, 2.24) is 0 Å². The van der Waals surface area contributed by atoms with Gasteiger partial charge in [-0.25, -0.2) is 0 Å². The zero-order valence-electron chi connectivity index (χ0n) is 37.6. The summed E-state index contributed by atoms with van der Waals surface area (Å²) >= 11 is 4.24. The number of ether oxygens (including phenoxy) is 4. The van der Waals surface area contributed by atoms with Crippen molar-refractivity contribution in [2.75, 3.05) is 7.11 Å². The van der Waals surface area contributed by atoms with Gasteiger partial charge in [0.15, 0.2) is 49.7 Å². The fraction of sp³-hybridized carbons (Fsp3) is 0.902. The van der Waals surface area contributed by atoms with Gasteiger partial charge in [0.05, 0.1) is 43.7 Å². The number of carbonyl (C=O) groups excluding carboxylic acids is 4. The van der Waals surface area contributed by atoms with Crippen molar-refractivity contribution in [2.24, 2.45) is 0 Å². The monoisotopic (exact) mass is 1140 g/mol. The Bertz CT molecular complexity index is 1250. The Kier molecular flexibility index (Phi) is 33.0. The predicted molar refractivity (Wildman–Crippen MR) is 266 cm³/mol. The van der Waals surface area contributed by atoms with E-state index < -0.39 is 49.4 Å². The molecule has 0 amide bonds. The van der Waals surface area contributed by atoms with Crippen molar-refractivity contribution in [1.29, 1.82) is 0 Å². The molecule has 0 aliphatic carbocycles. The van der Waals surface area contributed by atoms with Gasteiger partial charge in [0.1, 0.15) is 6.10 Å². The largest absolute Gasteiger partial charge is 0.459 e. The first-order chi connectivity index (χ1) is 25.2. The third kappa shape index (κ3) is 23.2. The van der Waals surface area contributed by atoms with Gasteiger partial charge >= 0.3 is 17.9 Å². The summed E-state index contributed by atoms with van der Waals surface area (Å²) in [5, 5.41) is 18.5. The minimum atomic E-state index is -1.96. The number of hydrogen-bond acceptors (Lipinski definition) is 13. The molecular weight excluding hydrogens is 1050 g/mol. The van der Waals surface area contributed by atoms with E-state index >= 15 is 0 Å². The Morgan fingerprint density at radius 3 is 1.18 bits per heavy atom. The standard InChI is InChI=1S/C14H28O4Si.C12H24O5Si.C12H22O4Si.3CH4.I2.H2O/c1-10(16-5)12-8-11(9-13(15)17-12)18-19(6,7)14(2,3)4;1-12(2,3)18(4,5)17-8-6-9(11(14)15)16-10(13)7-8;1-12(2,3)17(4,5)16-9-6-10(8-13)15-11(14)7-9;;;;1-2;/h10-12H,8-9H2,1-7H3;8-9,11,14-15H,6-7H2,1-5H3;8-10H,6-7H2,1-5H3;3*1H4;;1H2/t10?,11-,12+;8-,9+;9-,10+;;;;;/m111...../s1. The summed E-state index contributed by atoms with van der Waals surface area (Å²) in [6.07, 6.45) is -0.866. The second-order valence-corrected chi connectivity index (χ2v) is 33.7. The Labute approximate surface area is 391 Å². The molecule has 3 heterocycles. The van der Waals surface area contributed by atoms with E-state index in [0.29, 0.717) is 25.5 Å². The third-order valence-electron chi connectivity index (χ3n) is 11.7. The Morgan fingerprint density at radius 2 is 0.900 bits per heavy atom. The van der Waals surface area contributed by atoms with Gasteiger partial charge in [-0.2, -0.15) is 0 Å². The minimum Gasteiger partial charge on any atom is -0.459 e. The van der Waals surface area contributed by atoms with Crippen molar-refractivity contribution >= 4 is 86.4 Å². The number of rotatable bonds is 10. The SMILES string of the molecule is C.C.C.CC(C)(C)[Si](C)(C)O[C@H]1CC(=O)O[C@H](C(O)O)C1.CC(C)(C)[Si](C)(C)O[C@H]1CC(=O)O[C@H](C=O)C1.COC(C)[C@@H]1C[C@@H](O[Si](C)(C)C(C)(C)C)CC(=O)O1.II.O. The van der Waals surface area contributed by atoms with Crippen molar-refractivity contribution in [2.45, 2.75) is 233 Å². The van der Waals surface area contributed by atoms with Crippen molar-refractivity contribution in [3.63, 3.8) is 0 Å². The highest BCUT2D eigenvalue weighted by atomic mass is 128. The molecule has 0 spiro atoms. The average Bonchev–Trinajstić information content (AvgIpc) is 3.02. The van der Waals surface area contributed by atoms with Gasteiger partial charge in [-0.3, -0.25) is 19.2 Å². The second-order valence-electron chi connectivity index (χ2n) is 19.4. The van der Waals surface area contributed by atoms with Crippen LogP contribution >= 0.6 is 37.2 Å². The molecule has 3 fully saturated rings. The number of cyclic esters (lactones) is 3. The number of hydrogen-bond donors (Lipinski definition) is 2. The van der Waals surface area contributed by atoms with Gasteiger partial charge in [-0.15, -0.1) is 0 Å². The van der Waals surface area contributed by atoms with E-state index in [1.165, 1.54) is 0 Å². The molecule has 0 bridgehead atoms. The van der Waals surface area contributed by atoms with Crippen LogP contribution in [0.1, 0.15) is 130 Å². The van der Waals surface area contributed by atoms with Crippen LogP contribution < -0.4 is 0 Å². The molecule has 0 aromatic heterocycles. The third-order valence-corrected chi connectivity index (χ3v) is 25.3. The highest BCUT2D eigenvalue weighted by Gasteiger charge is 2.44. The lowest BCUT2D eigenvalue weighted by molar-refractivity contribution is -0.191. The summed E-state index contributed by atoms with van der Waals surface area (Å²) in [6.45, 7) is 34.3. The molecule has 3 aliphatic heterocycles. The molecule has 3 rings (SSSR count). The number of esters is 3. The van der Waals surface area contributed by atoms with Gasteiger partial charge in [0, 0.05) is 63.6 Å². The van der Waals surface area contributed by atoms with E-state index in [1.807, 2.05) is 6.92 Å². The molecular formula is C41H88I2O14Si3. The summed E-state index contributed by atoms with van der Waals surface area (Å²) in [5.41, 5.74) is 0. The van der Waals surface area contributed by atoms with E-state index in [2.05, 4.69) is 139 Å². The van der Waals surface area contributed by atoms with Crippen LogP contribution in [0.25, 0.3) is 0 Å². The molecule has 7 atom stereocenters. The molecule has 0 aromatic carbocycles. The van der Waals surface area contributed by atoms with Crippen molar-refractivity contribution in [3.05, 3.63) is 0 Å². The zero-order valence-corrected chi connectivity index (χ0v) is 44.9. The normalized spacial score (nSPS) is 24.1. The molecule has 0 aromatic rings. The molecule has 4 N–H and O–H groups in total. The highest BCUT2D eigenvalue weighted by Crippen LogP contribution is 2.41. The zero-order chi connectivity index (χ0) is 44.3. The van der Waals surface area contributed by atoms with Crippen LogP contribution in [0, 0.1) is 0 Å². The van der Waals surface area contributed by atoms with Gasteiger partial charge in [0.2, 0.25) is 0 Å². The smallest absolute Gasteiger partial charge is 0.309 e. The van der Waals surface area contributed by atoms with Gasteiger partial charge in [-0.1, -0.05) is 84.6 Å². The highest BCUT2D eigenvalue weighted by molar-refractivity contribution is 15.0. The molecule has 19 heteroatoms. The lowest BCUT2D eigenvalue weighted by Gasteiger charge is -2.41. The van der Waals surface area contributed by atoms with E-state index in [4.69, 9.17) is 42.4 Å². The van der Waals surface area contributed by atoms with Crippen LogP contribution in [-0.2, 0) is 51.4 Å². The van der Waals surface area contributed by atoms with Crippen LogP contribution in [0.5, 0.6) is 0 Å². The molecule has 14 nitrogen and oxygen atoms in total. The van der Waals surface area contributed by atoms with E-state index in [-0.39, 0.29) is 98.2 Å². The number of aliphatic hydroxyl groups excluding tert-OH is 1. The summed E-state index contributed by atoms with van der Waals surface area (Å²) in [5.74, 6) is -0.941. The molecule has 0 radical (unpaired) electrons. The predicted octanol–water partition coefficient (Wildman–Crippen LogP) is 9.65. The summed E-state index contributed by atoms with van der Waals surface area (Å²) < 4.78 is 38.9. The lowest BCUT2D eigenvalue weighted by Crippen LogP contribution is -2.48. The van der Waals surface area contributed by atoms with Crippen molar-refractivity contribution < 1.29 is 67.1 Å². The fourth-order valence-electron chi connectivity index (χ4n) is 5.13. The average molecular weight is 1140 g/mol. The number of aldehydes is 1. The number of methoxy groups -OCH3 is 1. The molecule has 3 aliphatic rings. The van der Waals surface area contributed by atoms with Crippen molar-refractivity contribution in [3.8, 4) is 0 Å². The lowest BCUT2D eigenvalue weighted by atomic mass is 10.0. The van der Waals surface area contributed by atoms with Gasteiger partial charge in [-0.05, 0) is 61.3 Å². The van der Waals surface area contributed by atoms with Crippen LogP contribution in [0.15, 0.2) is 0 Å². The summed E-state index contributed by atoms with van der Waals surface area (Å²) in [6, 6.07) is 0. The topological polar surface area (TPSA) is 205 Å². The Balaban J connectivity index is -0.000000239. The first-order valence-corrected chi connectivity index (χ1v) is 34.4. The van der Waals surface area contributed by atoms with Crippen LogP contribution in [0.3, 0.4) is 0 Å². The first kappa shape index (κ1) is 69.0. The summed E-state index contributed by atoms with van der Waals surface area (Å²) in [7, 11) is -4.05. The maximum Gasteiger partial charge on any atom is 0.309 e. The Morgan fingerprint density at radius 1 is 0.617 bits per heavy atom. The van der Waals surface area contributed by atoms with Gasteiger partial charge < -0.3 is 47.9 Å². The number of aliphatic hydroxyl groups is 2. The number of carbonyl (C=O) groups is 4. The van der Waals surface area contributed by atoms with Crippen LogP contribution in [0.4, 0.5) is 0 Å². The second kappa shape index (κ2) is 28.7. The first-order valence-electron chi connectivity index (χ1n) is 19.4. The minimum absolute atomic E-state index is 0. The maximum atomic E-state index is 11.7. The van der Waals surface area contributed by atoms with E-state index in [0.717, 1.165) is 6.42 Å². The molecule has 0 saturated carbocycles. The van der Waals surface area contributed by atoms with E-state index in [1.54, 1.807) is 7.11 Å². The van der Waals surface area contributed by atoms with Gasteiger partial charge in [0.25, 0.3) is 0 Å². The molecule has 1 unspecified atom stereocenters. The molecule has 3 saturated heterocycles. The summed E-state index contributed by atoms with van der Waals surface area (Å²) in [4.78, 5) is 45.1. The van der Waals surface area contributed by atoms with Crippen LogP contribution in [0.2, 0.25) is 54.4 Å². The maximum absolute atomic E-state index is 11.7. The molecule has 60 heavy (non-hydrogen) atoms. The van der Waals surface area contributed by atoms with Crippen LogP contribution in [-0.4, -0.2) is 121 Å². The quantitative estimate of drug-likeness (QED) is 0.0523. The Hall–Kier alpha value is -0.0894. The number of halogens is 2.